The van der Waals surface area contributed by atoms with Crippen molar-refractivity contribution in [3.8, 4) is 0 Å². The van der Waals surface area contributed by atoms with Gasteiger partial charge in [0, 0.05) is 25.4 Å². The van der Waals surface area contributed by atoms with E-state index >= 15 is 0 Å². The summed E-state index contributed by atoms with van der Waals surface area (Å²) < 4.78 is 2.88. The molecule has 2 heterocycles. The maximum absolute atomic E-state index is 12.1. The Bertz CT molecular complexity index is 1020. The number of benzene rings is 1. The first kappa shape index (κ1) is 18.2. The molecule has 0 aliphatic heterocycles. The summed E-state index contributed by atoms with van der Waals surface area (Å²) in [4.78, 5) is 24.0. The molecule has 0 saturated heterocycles. The molecule has 134 valence electrons. The van der Waals surface area contributed by atoms with E-state index in [-0.39, 0.29) is 11.6 Å². The third-order valence-electron chi connectivity index (χ3n) is 3.71. The molecule has 0 aliphatic carbocycles. The molecule has 0 aliphatic rings. The molecule has 0 radical (unpaired) electrons. The molecule has 2 aromatic heterocycles. The highest BCUT2D eigenvalue weighted by Gasteiger charge is 2.05. The molecule has 1 aromatic carbocycles. The van der Waals surface area contributed by atoms with Crippen LogP contribution in [0.3, 0.4) is 0 Å². The Kier molecular flexibility index (Phi) is 5.75. The topological polar surface area (TPSA) is 68.4 Å². The Morgan fingerprint density at radius 1 is 1.19 bits per heavy atom. The van der Waals surface area contributed by atoms with Crippen molar-refractivity contribution in [2.24, 2.45) is 0 Å². The maximum atomic E-state index is 12.1. The summed E-state index contributed by atoms with van der Waals surface area (Å²) in [6, 6.07) is 10.5. The SMILES string of the molecule is O=C(/C=C/c1ccc(Cl)c(Cl)c1)NCCCn1nc2ccccn2c1=O. The number of fused-ring (bicyclic) bond motifs is 1. The molecule has 1 N–H and O–H groups in total. The zero-order valence-electron chi connectivity index (χ0n) is 13.7. The van der Waals surface area contributed by atoms with E-state index in [1.54, 1.807) is 42.6 Å². The van der Waals surface area contributed by atoms with Crippen LogP contribution in [0.2, 0.25) is 10.0 Å². The van der Waals surface area contributed by atoms with E-state index in [0.29, 0.717) is 35.2 Å². The first-order chi connectivity index (χ1) is 12.5. The van der Waals surface area contributed by atoms with Gasteiger partial charge in [-0.1, -0.05) is 35.3 Å². The number of amides is 1. The van der Waals surface area contributed by atoms with Gasteiger partial charge in [0.1, 0.15) is 0 Å². The van der Waals surface area contributed by atoms with Gasteiger partial charge in [-0.2, -0.15) is 0 Å². The first-order valence-electron chi connectivity index (χ1n) is 8.00. The van der Waals surface area contributed by atoms with Gasteiger partial charge < -0.3 is 5.32 Å². The molecule has 1 amide bonds. The molecule has 0 spiro atoms. The minimum atomic E-state index is -0.224. The summed E-state index contributed by atoms with van der Waals surface area (Å²) in [5.41, 5.74) is 1.20. The number of carbonyl (C=O) groups excluding carboxylic acids is 1. The molecule has 8 heteroatoms. The van der Waals surface area contributed by atoms with Gasteiger partial charge in [0.15, 0.2) is 5.65 Å². The minimum Gasteiger partial charge on any atom is -0.352 e. The van der Waals surface area contributed by atoms with Crippen LogP contribution < -0.4 is 11.0 Å². The number of halogens is 2. The van der Waals surface area contributed by atoms with E-state index in [9.17, 15) is 9.59 Å². The number of carbonyl (C=O) groups is 1. The Morgan fingerprint density at radius 2 is 2.04 bits per heavy atom. The number of aryl methyl sites for hydroxylation is 1. The lowest BCUT2D eigenvalue weighted by Crippen LogP contribution is -2.26. The van der Waals surface area contributed by atoms with Crippen LogP contribution in [0.4, 0.5) is 0 Å². The summed E-state index contributed by atoms with van der Waals surface area (Å²) in [7, 11) is 0. The fraction of sp³-hybridized carbons (Fsp3) is 0.167. The van der Waals surface area contributed by atoms with Gasteiger partial charge in [0.05, 0.1) is 10.0 Å². The molecule has 0 bridgehead atoms. The number of hydrogen-bond donors (Lipinski definition) is 1. The van der Waals surface area contributed by atoms with E-state index in [1.807, 2.05) is 6.07 Å². The van der Waals surface area contributed by atoms with Crippen LogP contribution in [-0.4, -0.2) is 26.6 Å². The number of nitrogens with one attached hydrogen (secondary N) is 1. The van der Waals surface area contributed by atoms with Gasteiger partial charge >= 0.3 is 5.69 Å². The Hall–Kier alpha value is -2.57. The number of nitrogens with zero attached hydrogens (tertiary/aromatic N) is 3. The monoisotopic (exact) mass is 390 g/mol. The Morgan fingerprint density at radius 3 is 2.81 bits per heavy atom. The number of pyridine rings is 1. The van der Waals surface area contributed by atoms with Crippen molar-refractivity contribution in [3.63, 3.8) is 0 Å². The third kappa shape index (κ3) is 4.33. The Balaban J connectivity index is 1.49. The second kappa shape index (κ2) is 8.21. The van der Waals surface area contributed by atoms with E-state index in [1.165, 1.54) is 15.2 Å². The summed E-state index contributed by atoms with van der Waals surface area (Å²) in [5.74, 6) is -0.224. The summed E-state index contributed by atoms with van der Waals surface area (Å²) in [6.07, 6.45) is 5.35. The van der Waals surface area contributed by atoms with Crippen LogP contribution in [0.1, 0.15) is 12.0 Å². The molecule has 26 heavy (non-hydrogen) atoms. The lowest BCUT2D eigenvalue weighted by molar-refractivity contribution is -0.116. The van der Waals surface area contributed by atoms with E-state index < -0.39 is 0 Å². The first-order valence-corrected chi connectivity index (χ1v) is 8.75. The van der Waals surface area contributed by atoms with Gasteiger partial charge in [-0.05, 0) is 42.3 Å². The maximum Gasteiger partial charge on any atom is 0.350 e. The molecule has 0 atom stereocenters. The quantitative estimate of drug-likeness (QED) is 0.519. The molecular weight excluding hydrogens is 375 g/mol. The van der Waals surface area contributed by atoms with Crippen LogP contribution in [0.25, 0.3) is 11.7 Å². The standard InChI is InChI=1S/C18H16Cl2N4O2/c19-14-7-5-13(12-15(14)20)6-8-17(25)21-9-3-11-24-18(26)23-10-2-1-4-16(23)22-24/h1-2,4-8,10,12H,3,9,11H2,(H,21,25)/b8-6+. The lowest BCUT2D eigenvalue weighted by atomic mass is 10.2. The van der Waals surface area contributed by atoms with E-state index in [0.717, 1.165) is 5.56 Å². The molecule has 6 nitrogen and oxygen atoms in total. The van der Waals surface area contributed by atoms with Crippen molar-refractivity contribution in [1.82, 2.24) is 19.5 Å². The van der Waals surface area contributed by atoms with Crippen molar-refractivity contribution in [2.75, 3.05) is 6.54 Å². The van der Waals surface area contributed by atoms with E-state index in [4.69, 9.17) is 23.2 Å². The average molecular weight is 391 g/mol. The molecule has 0 saturated carbocycles. The fourth-order valence-electron chi connectivity index (χ4n) is 2.40. The summed E-state index contributed by atoms with van der Waals surface area (Å²) >= 11 is 11.8. The van der Waals surface area contributed by atoms with Crippen LogP contribution in [-0.2, 0) is 11.3 Å². The second-order valence-corrected chi connectivity index (χ2v) is 6.40. The zero-order valence-corrected chi connectivity index (χ0v) is 15.2. The third-order valence-corrected chi connectivity index (χ3v) is 4.44. The van der Waals surface area contributed by atoms with Gasteiger partial charge in [-0.25, -0.2) is 9.48 Å². The van der Waals surface area contributed by atoms with Crippen molar-refractivity contribution in [3.05, 3.63) is 74.8 Å². The Labute approximate surface area is 159 Å². The lowest BCUT2D eigenvalue weighted by Gasteiger charge is -2.02. The number of rotatable bonds is 6. The zero-order chi connectivity index (χ0) is 18.5. The molecule has 3 aromatic rings. The highest BCUT2D eigenvalue weighted by Crippen LogP contribution is 2.23. The molecule has 3 rings (SSSR count). The number of aromatic nitrogens is 3. The predicted molar refractivity (Wildman–Crippen MR) is 103 cm³/mol. The van der Waals surface area contributed by atoms with Gasteiger partial charge in [0.25, 0.3) is 0 Å². The van der Waals surface area contributed by atoms with Crippen molar-refractivity contribution in [1.29, 1.82) is 0 Å². The average Bonchev–Trinajstić information content (AvgIpc) is 2.96. The van der Waals surface area contributed by atoms with E-state index in [2.05, 4.69) is 10.4 Å². The van der Waals surface area contributed by atoms with Crippen LogP contribution in [0.15, 0.2) is 53.5 Å². The van der Waals surface area contributed by atoms with Crippen molar-refractivity contribution in [2.45, 2.75) is 13.0 Å². The summed E-state index contributed by atoms with van der Waals surface area (Å²) in [6.45, 7) is 0.863. The molecular formula is C18H16Cl2N4O2. The van der Waals surface area contributed by atoms with Crippen LogP contribution >= 0.6 is 23.2 Å². The highest BCUT2D eigenvalue weighted by atomic mass is 35.5. The largest absolute Gasteiger partial charge is 0.352 e. The van der Waals surface area contributed by atoms with Crippen LogP contribution in [0, 0.1) is 0 Å². The fourth-order valence-corrected chi connectivity index (χ4v) is 2.71. The highest BCUT2D eigenvalue weighted by molar-refractivity contribution is 6.42. The van der Waals surface area contributed by atoms with Crippen molar-refractivity contribution < 1.29 is 4.79 Å². The van der Waals surface area contributed by atoms with Crippen molar-refractivity contribution >= 4 is 40.8 Å². The number of hydrogen-bond acceptors (Lipinski definition) is 3. The smallest absolute Gasteiger partial charge is 0.350 e. The molecule has 0 fully saturated rings. The predicted octanol–water partition coefficient (Wildman–Crippen LogP) is 3.02. The second-order valence-electron chi connectivity index (χ2n) is 5.59. The summed E-state index contributed by atoms with van der Waals surface area (Å²) in [5, 5.41) is 7.91. The van der Waals surface area contributed by atoms with Gasteiger partial charge in [0.2, 0.25) is 5.91 Å². The van der Waals surface area contributed by atoms with Gasteiger partial charge in [-0.15, -0.1) is 5.10 Å². The minimum absolute atomic E-state index is 0.188. The normalized spacial score (nSPS) is 11.3. The van der Waals surface area contributed by atoms with Gasteiger partial charge in [-0.3, -0.25) is 9.20 Å². The van der Waals surface area contributed by atoms with Crippen LogP contribution in [0.5, 0.6) is 0 Å². The molecule has 0 unspecified atom stereocenters.